The second-order valence-electron chi connectivity index (χ2n) is 5.94. The molecule has 17 heavy (non-hydrogen) atoms. The number of β-amino-alcohol motifs (C(OH)–C–C–N with tert-alkyl or cyclic N) is 1. The maximum atomic E-state index is 10.4. The van der Waals surface area contributed by atoms with E-state index in [9.17, 15) is 5.11 Å². The molecule has 1 aliphatic rings. The van der Waals surface area contributed by atoms with Crippen LogP contribution in [-0.4, -0.2) is 47.8 Å². The van der Waals surface area contributed by atoms with Gasteiger partial charge in [-0.3, -0.25) is 4.90 Å². The molecule has 2 unspecified atom stereocenters. The van der Waals surface area contributed by atoms with Crippen LogP contribution in [0.1, 0.15) is 47.0 Å². The normalized spacial score (nSPS) is 26.1. The summed E-state index contributed by atoms with van der Waals surface area (Å²) in [6.45, 7) is 12.4. The molecule has 0 aromatic heterocycles. The highest BCUT2D eigenvalue weighted by molar-refractivity contribution is 4.86. The van der Waals surface area contributed by atoms with Crippen molar-refractivity contribution in [3.63, 3.8) is 0 Å². The van der Waals surface area contributed by atoms with E-state index in [1.807, 2.05) is 6.92 Å². The number of hydrogen-bond donors (Lipinski definition) is 2. The summed E-state index contributed by atoms with van der Waals surface area (Å²) in [5.74, 6) is 0.309. The van der Waals surface area contributed by atoms with Gasteiger partial charge < -0.3 is 10.4 Å². The minimum absolute atomic E-state index is 0.309. The van der Waals surface area contributed by atoms with Crippen molar-refractivity contribution in [3.8, 4) is 0 Å². The molecule has 2 N–H and O–H groups in total. The van der Waals surface area contributed by atoms with Crippen LogP contribution in [0.4, 0.5) is 0 Å². The maximum Gasteiger partial charge on any atom is 0.0768 e. The van der Waals surface area contributed by atoms with Gasteiger partial charge in [-0.1, -0.05) is 27.2 Å². The molecule has 2 atom stereocenters. The van der Waals surface area contributed by atoms with Gasteiger partial charge in [-0.25, -0.2) is 0 Å². The van der Waals surface area contributed by atoms with Gasteiger partial charge in [0.1, 0.15) is 0 Å². The van der Waals surface area contributed by atoms with Crippen LogP contribution in [0.25, 0.3) is 0 Å². The van der Waals surface area contributed by atoms with E-state index < -0.39 is 5.60 Å². The topological polar surface area (TPSA) is 35.5 Å². The summed E-state index contributed by atoms with van der Waals surface area (Å²) >= 11 is 0. The van der Waals surface area contributed by atoms with Crippen LogP contribution in [0.5, 0.6) is 0 Å². The minimum atomic E-state index is -0.568. The first-order valence-electron chi connectivity index (χ1n) is 7.14. The average Bonchev–Trinajstić information content (AvgIpc) is 2.27. The minimum Gasteiger partial charge on any atom is -0.389 e. The molecule has 0 aromatic carbocycles. The zero-order valence-electron chi connectivity index (χ0n) is 12.0. The largest absolute Gasteiger partial charge is 0.389 e. The van der Waals surface area contributed by atoms with Gasteiger partial charge in [0.25, 0.3) is 0 Å². The molecule has 1 fully saturated rings. The van der Waals surface area contributed by atoms with Crippen LogP contribution >= 0.6 is 0 Å². The Kier molecular flexibility index (Phi) is 5.90. The predicted octanol–water partition coefficient (Wildman–Crippen LogP) is 1.86. The van der Waals surface area contributed by atoms with E-state index in [1.165, 1.54) is 19.3 Å². The van der Waals surface area contributed by atoms with Gasteiger partial charge in [-0.2, -0.15) is 0 Å². The summed E-state index contributed by atoms with van der Waals surface area (Å²) in [5.41, 5.74) is -0.568. The first kappa shape index (κ1) is 14.9. The zero-order chi connectivity index (χ0) is 12.9. The molecule has 3 heteroatoms. The molecule has 1 heterocycles. The van der Waals surface area contributed by atoms with Crippen molar-refractivity contribution in [1.82, 2.24) is 10.2 Å². The first-order valence-corrected chi connectivity index (χ1v) is 7.14. The van der Waals surface area contributed by atoms with Crippen LogP contribution in [0, 0.1) is 5.92 Å². The van der Waals surface area contributed by atoms with E-state index in [0.717, 1.165) is 26.2 Å². The summed E-state index contributed by atoms with van der Waals surface area (Å²) < 4.78 is 0. The summed E-state index contributed by atoms with van der Waals surface area (Å²) in [6.07, 6.45) is 3.87. The SMILES string of the molecule is CCNCC1CCCCN1CC(C)(O)C(C)C. The fourth-order valence-corrected chi connectivity index (χ4v) is 2.40. The van der Waals surface area contributed by atoms with E-state index in [1.54, 1.807) is 0 Å². The third-order valence-corrected chi connectivity index (χ3v) is 4.15. The van der Waals surface area contributed by atoms with E-state index in [0.29, 0.717) is 12.0 Å². The van der Waals surface area contributed by atoms with E-state index in [4.69, 9.17) is 0 Å². The summed E-state index contributed by atoms with van der Waals surface area (Å²) in [4.78, 5) is 2.48. The predicted molar refractivity (Wildman–Crippen MR) is 73.2 cm³/mol. The Bertz CT molecular complexity index is 216. The van der Waals surface area contributed by atoms with Crippen molar-refractivity contribution in [1.29, 1.82) is 0 Å². The maximum absolute atomic E-state index is 10.4. The van der Waals surface area contributed by atoms with Crippen molar-refractivity contribution in [2.45, 2.75) is 58.6 Å². The van der Waals surface area contributed by atoms with Gasteiger partial charge in [0.2, 0.25) is 0 Å². The fourth-order valence-electron chi connectivity index (χ4n) is 2.40. The molecular formula is C14H30N2O. The van der Waals surface area contributed by atoms with Crippen molar-refractivity contribution >= 4 is 0 Å². The van der Waals surface area contributed by atoms with Crippen molar-refractivity contribution in [3.05, 3.63) is 0 Å². The number of nitrogens with one attached hydrogen (secondary N) is 1. The zero-order valence-corrected chi connectivity index (χ0v) is 12.0. The fraction of sp³-hybridized carbons (Fsp3) is 1.00. The lowest BCUT2D eigenvalue weighted by molar-refractivity contribution is -0.0355. The van der Waals surface area contributed by atoms with Crippen molar-refractivity contribution < 1.29 is 5.11 Å². The second-order valence-corrected chi connectivity index (χ2v) is 5.94. The van der Waals surface area contributed by atoms with Crippen molar-refractivity contribution in [2.24, 2.45) is 5.92 Å². The van der Waals surface area contributed by atoms with Crippen molar-refractivity contribution in [2.75, 3.05) is 26.2 Å². The highest BCUT2D eigenvalue weighted by Gasteiger charge is 2.31. The Balaban J connectivity index is 2.52. The van der Waals surface area contributed by atoms with E-state index in [-0.39, 0.29) is 0 Å². The Morgan fingerprint density at radius 3 is 2.71 bits per heavy atom. The molecule has 0 spiro atoms. The smallest absolute Gasteiger partial charge is 0.0768 e. The Hall–Kier alpha value is -0.120. The van der Waals surface area contributed by atoms with Gasteiger partial charge in [0.15, 0.2) is 0 Å². The molecule has 0 saturated carbocycles. The Labute approximate surface area is 107 Å². The molecule has 0 amide bonds. The number of aliphatic hydroxyl groups is 1. The van der Waals surface area contributed by atoms with E-state index >= 15 is 0 Å². The molecule has 3 nitrogen and oxygen atoms in total. The van der Waals surface area contributed by atoms with Gasteiger partial charge in [-0.05, 0) is 38.8 Å². The van der Waals surface area contributed by atoms with Crippen LogP contribution in [0.2, 0.25) is 0 Å². The standard InChI is InChI=1S/C14H30N2O/c1-5-15-10-13-8-6-7-9-16(13)11-14(4,17)12(2)3/h12-13,15,17H,5-11H2,1-4H3. The average molecular weight is 242 g/mol. The number of likely N-dealkylation sites (N-methyl/N-ethyl adjacent to an activating group) is 1. The molecule has 102 valence electrons. The quantitative estimate of drug-likeness (QED) is 0.746. The summed E-state index contributed by atoms with van der Waals surface area (Å²) in [7, 11) is 0. The highest BCUT2D eigenvalue weighted by atomic mass is 16.3. The van der Waals surface area contributed by atoms with Gasteiger partial charge in [0, 0.05) is 19.1 Å². The lowest BCUT2D eigenvalue weighted by Gasteiger charge is -2.41. The molecule has 0 bridgehead atoms. The van der Waals surface area contributed by atoms with Crippen LogP contribution in [0.15, 0.2) is 0 Å². The number of hydrogen-bond acceptors (Lipinski definition) is 3. The van der Waals surface area contributed by atoms with Gasteiger partial charge in [0.05, 0.1) is 5.60 Å². The lowest BCUT2D eigenvalue weighted by atomic mass is 9.90. The number of likely N-dealkylation sites (tertiary alicyclic amines) is 1. The molecular weight excluding hydrogens is 212 g/mol. The molecule has 0 radical (unpaired) electrons. The third kappa shape index (κ3) is 4.57. The van der Waals surface area contributed by atoms with Crippen LogP contribution < -0.4 is 5.32 Å². The molecule has 1 rings (SSSR count). The number of nitrogens with zero attached hydrogens (tertiary/aromatic N) is 1. The summed E-state index contributed by atoms with van der Waals surface area (Å²) in [5, 5.41) is 13.9. The highest BCUT2D eigenvalue weighted by Crippen LogP contribution is 2.23. The Morgan fingerprint density at radius 1 is 1.41 bits per heavy atom. The monoisotopic (exact) mass is 242 g/mol. The molecule has 0 aliphatic carbocycles. The van der Waals surface area contributed by atoms with Crippen LogP contribution in [0.3, 0.4) is 0 Å². The van der Waals surface area contributed by atoms with Crippen LogP contribution in [-0.2, 0) is 0 Å². The number of rotatable bonds is 6. The van der Waals surface area contributed by atoms with Gasteiger partial charge in [-0.15, -0.1) is 0 Å². The lowest BCUT2D eigenvalue weighted by Crippen LogP contribution is -2.53. The molecule has 1 saturated heterocycles. The molecule has 1 aliphatic heterocycles. The number of piperidine rings is 1. The van der Waals surface area contributed by atoms with Gasteiger partial charge >= 0.3 is 0 Å². The summed E-state index contributed by atoms with van der Waals surface area (Å²) in [6, 6.07) is 0.605. The third-order valence-electron chi connectivity index (χ3n) is 4.15. The Morgan fingerprint density at radius 2 is 2.12 bits per heavy atom. The second kappa shape index (κ2) is 6.72. The van der Waals surface area contributed by atoms with E-state index in [2.05, 4.69) is 31.0 Å². The molecule has 0 aromatic rings. The first-order chi connectivity index (χ1) is 7.97.